The van der Waals surface area contributed by atoms with Crippen molar-refractivity contribution in [3.63, 3.8) is 0 Å². The molecule has 1 saturated heterocycles. The topological polar surface area (TPSA) is 64.2 Å². The van der Waals surface area contributed by atoms with Crippen LogP contribution in [0.4, 0.5) is 0 Å². The van der Waals surface area contributed by atoms with Gasteiger partial charge in [0.25, 0.3) is 5.91 Å². The normalized spacial score (nSPS) is 18.7. The monoisotopic (exact) mass is 302 g/mol. The summed E-state index contributed by atoms with van der Waals surface area (Å²) >= 11 is 0. The van der Waals surface area contributed by atoms with Gasteiger partial charge in [-0.25, -0.2) is 4.98 Å². The van der Waals surface area contributed by atoms with Gasteiger partial charge in [-0.2, -0.15) is 0 Å². The number of aromatic nitrogens is 3. The minimum atomic E-state index is -0.0425. The first-order chi connectivity index (χ1) is 10.6. The molecule has 2 aromatic rings. The fourth-order valence-electron chi connectivity index (χ4n) is 3.13. The van der Waals surface area contributed by atoms with Crippen LogP contribution in [0, 0.1) is 6.92 Å². The maximum absolute atomic E-state index is 12.6. The number of carbonyl (C=O) groups excluding carboxylic acids is 1. The molecule has 0 radical (unpaired) electrons. The van der Waals surface area contributed by atoms with Crippen LogP contribution in [0.5, 0.6) is 0 Å². The number of carbonyl (C=O) groups is 1. The van der Waals surface area contributed by atoms with Gasteiger partial charge in [0.05, 0.1) is 5.69 Å². The van der Waals surface area contributed by atoms with Crippen molar-refractivity contribution in [1.29, 1.82) is 0 Å². The summed E-state index contributed by atoms with van der Waals surface area (Å²) in [6.45, 7) is 5.44. The Labute approximate surface area is 130 Å². The molecule has 1 amide bonds. The van der Waals surface area contributed by atoms with Gasteiger partial charge in [0, 0.05) is 44.7 Å². The lowest BCUT2D eigenvalue weighted by Gasteiger charge is -2.31. The van der Waals surface area contributed by atoms with E-state index in [4.69, 9.17) is 4.52 Å². The predicted molar refractivity (Wildman–Crippen MR) is 81.7 cm³/mol. The largest absolute Gasteiger partial charge is 0.361 e. The molecule has 0 aromatic carbocycles. The van der Waals surface area contributed by atoms with Crippen molar-refractivity contribution in [2.45, 2.75) is 39.0 Å². The fraction of sp³-hybridized carbons (Fsp3) is 0.562. The number of likely N-dealkylation sites (tertiary alicyclic amines) is 1. The number of rotatable bonds is 3. The Hall–Kier alpha value is -2.11. The van der Waals surface area contributed by atoms with Crippen LogP contribution in [0.1, 0.15) is 53.5 Å². The number of amides is 1. The van der Waals surface area contributed by atoms with Crippen LogP contribution in [0.3, 0.4) is 0 Å². The summed E-state index contributed by atoms with van der Waals surface area (Å²) in [6, 6.07) is 1.75. The standard InChI is InChI=1S/C16H22N4O2/c1-4-13-8-14(18-22-13)16(21)20-7-5-6-12(10-20)15-17-11(2)9-19(15)3/h8-9,12H,4-7,10H2,1-3H3. The van der Waals surface area contributed by atoms with E-state index >= 15 is 0 Å². The lowest BCUT2D eigenvalue weighted by molar-refractivity contribution is 0.0693. The second-order valence-corrected chi connectivity index (χ2v) is 5.97. The molecule has 3 rings (SSSR count). The van der Waals surface area contributed by atoms with Crippen LogP contribution in [-0.2, 0) is 13.5 Å². The van der Waals surface area contributed by atoms with E-state index in [1.807, 2.05) is 32.0 Å². The fourth-order valence-corrected chi connectivity index (χ4v) is 3.13. The van der Waals surface area contributed by atoms with Gasteiger partial charge in [-0.05, 0) is 19.8 Å². The van der Waals surface area contributed by atoms with E-state index in [0.29, 0.717) is 12.2 Å². The number of aryl methyl sites for hydroxylation is 3. The van der Waals surface area contributed by atoms with Crippen LogP contribution in [0.2, 0.25) is 0 Å². The molecule has 1 atom stereocenters. The van der Waals surface area contributed by atoms with Crippen LogP contribution in [0.25, 0.3) is 0 Å². The van der Waals surface area contributed by atoms with E-state index < -0.39 is 0 Å². The quantitative estimate of drug-likeness (QED) is 0.872. The van der Waals surface area contributed by atoms with Gasteiger partial charge in [-0.15, -0.1) is 0 Å². The van der Waals surface area contributed by atoms with E-state index in [-0.39, 0.29) is 11.8 Å². The first-order valence-electron chi connectivity index (χ1n) is 7.83. The van der Waals surface area contributed by atoms with Crippen LogP contribution in [0.15, 0.2) is 16.8 Å². The van der Waals surface area contributed by atoms with Crippen LogP contribution >= 0.6 is 0 Å². The van der Waals surface area contributed by atoms with Crippen molar-refractivity contribution in [3.05, 3.63) is 35.2 Å². The van der Waals surface area contributed by atoms with Crippen molar-refractivity contribution in [2.24, 2.45) is 7.05 Å². The van der Waals surface area contributed by atoms with Gasteiger partial charge in [0.1, 0.15) is 11.6 Å². The molecule has 0 spiro atoms. The molecule has 118 valence electrons. The molecule has 6 heteroatoms. The Morgan fingerprint density at radius 2 is 2.32 bits per heavy atom. The number of piperidine rings is 1. The molecule has 1 aliphatic heterocycles. The zero-order valence-corrected chi connectivity index (χ0v) is 13.4. The van der Waals surface area contributed by atoms with E-state index in [0.717, 1.165) is 43.1 Å². The summed E-state index contributed by atoms with van der Waals surface area (Å²) in [6.07, 6.45) is 4.82. The minimum absolute atomic E-state index is 0.0425. The lowest BCUT2D eigenvalue weighted by Crippen LogP contribution is -2.39. The van der Waals surface area contributed by atoms with Gasteiger partial charge in [0.2, 0.25) is 0 Å². The highest BCUT2D eigenvalue weighted by Crippen LogP contribution is 2.27. The number of imidazole rings is 1. The summed E-state index contributed by atoms with van der Waals surface area (Å²) in [5.74, 6) is 2.05. The first kappa shape index (κ1) is 14.8. The summed E-state index contributed by atoms with van der Waals surface area (Å²) in [4.78, 5) is 19.1. The Kier molecular flexibility index (Phi) is 4.00. The van der Waals surface area contributed by atoms with Gasteiger partial charge in [-0.1, -0.05) is 12.1 Å². The van der Waals surface area contributed by atoms with Crippen molar-refractivity contribution in [1.82, 2.24) is 19.6 Å². The van der Waals surface area contributed by atoms with E-state index in [9.17, 15) is 4.79 Å². The predicted octanol–water partition coefficient (Wildman–Crippen LogP) is 2.30. The smallest absolute Gasteiger partial charge is 0.276 e. The molecule has 1 fully saturated rings. The van der Waals surface area contributed by atoms with Gasteiger partial charge in [-0.3, -0.25) is 4.79 Å². The Morgan fingerprint density at radius 1 is 1.50 bits per heavy atom. The second-order valence-electron chi connectivity index (χ2n) is 5.97. The number of hydrogen-bond acceptors (Lipinski definition) is 4. The molecule has 0 bridgehead atoms. The average molecular weight is 302 g/mol. The average Bonchev–Trinajstić information content (AvgIpc) is 3.13. The molecule has 3 heterocycles. The molecular formula is C16H22N4O2. The SMILES string of the molecule is CCc1cc(C(=O)N2CCCC(c3nc(C)cn3C)C2)no1. The summed E-state index contributed by atoms with van der Waals surface area (Å²) in [5, 5.41) is 3.89. The second kappa shape index (κ2) is 5.94. The molecule has 1 unspecified atom stereocenters. The molecule has 2 aromatic heterocycles. The Morgan fingerprint density at radius 3 is 2.95 bits per heavy atom. The molecular weight excluding hydrogens is 280 g/mol. The van der Waals surface area contributed by atoms with Crippen LogP contribution in [-0.4, -0.2) is 38.6 Å². The summed E-state index contributed by atoms with van der Waals surface area (Å²) in [7, 11) is 2.02. The number of hydrogen-bond donors (Lipinski definition) is 0. The van der Waals surface area contributed by atoms with E-state index in [1.54, 1.807) is 6.07 Å². The minimum Gasteiger partial charge on any atom is -0.361 e. The van der Waals surface area contributed by atoms with E-state index in [1.165, 1.54) is 0 Å². The highest BCUT2D eigenvalue weighted by atomic mass is 16.5. The van der Waals surface area contributed by atoms with Crippen molar-refractivity contribution < 1.29 is 9.32 Å². The van der Waals surface area contributed by atoms with Crippen molar-refractivity contribution >= 4 is 5.91 Å². The van der Waals surface area contributed by atoms with Gasteiger partial charge >= 0.3 is 0 Å². The molecule has 0 N–H and O–H groups in total. The summed E-state index contributed by atoms with van der Waals surface area (Å²) in [5.41, 5.74) is 1.43. The maximum atomic E-state index is 12.6. The maximum Gasteiger partial charge on any atom is 0.276 e. The molecule has 0 aliphatic carbocycles. The Balaban J connectivity index is 1.75. The molecule has 6 nitrogen and oxygen atoms in total. The van der Waals surface area contributed by atoms with Gasteiger partial charge < -0.3 is 14.0 Å². The highest BCUT2D eigenvalue weighted by Gasteiger charge is 2.29. The third kappa shape index (κ3) is 2.77. The van der Waals surface area contributed by atoms with E-state index in [2.05, 4.69) is 14.7 Å². The molecule has 0 saturated carbocycles. The first-order valence-corrected chi connectivity index (χ1v) is 7.83. The lowest BCUT2D eigenvalue weighted by atomic mass is 9.97. The van der Waals surface area contributed by atoms with Crippen molar-refractivity contribution in [2.75, 3.05) is 13.1 Å². The summed E-state index contributed by atoms with van der Waals surface area (Å²) < 4.78 is 7.21. The third-order valence-electron chi connectivity index (χ3n) is 4.23. The van der Waals surface area contributed by atoms with Crippen LogP contribution < -0.4 is 0 Å². The van der Waals surface area contributed by atoms with Gasteiger partial charge in [0.15, 0.2) is 5.69 Å². The molecule has 22 heavy (non-hydrogen) atoms. The highest BCUT2D eigenvalue weighted by molar-refractivity contribution is 5.92. The van der Waals surface area contributed by atoms with Crippen molar-refractivity contribution in [3.8, 4) is 0 Å². The number of nitrogens with zero attached hydrogens (tertiary/aromatic N) is 4. The zero-order chi connectivity index (χ0) is 15.7. The zero-order valence-electron chi connectivity index (χ0n) is 13.4. The third-order valence-corrected chi connectivity index (χ3v) is 4.23. The Bertz CT molecular complexity index is 673. The molecule has 1 aliphatic rings.